The molecule has 0 atom stereocenters. The van der Waals surface area contributed by atoms with E-state index in [1.807, 2.05) is 6.08 Å². The van der Waals surface area contributed by atoms with Gasteiger partial charge in [0.25, 0.3) is 0 Å². The lowest BCUT2D eigenvalue weighted by Gasteiger charge is -2.31. The Morgan fingerprint density at radius 1 is 0.828 bits per heavy atom. The Labute approximate surface area is 176 Å². The lowest BCUT2D eigenvalue weighted by atomic mass is 9.74. The van der Waals surface area contributed by atoms with Crippen molar-refractivity contribution < 1.29 is 8.78 Å². The topological polar surface area (TPSA) is 0 Å². The van der Waals surface area contributed by atoms with Crippen LogP contribution in [0.15, 0.2) is 43.0 Å². The van der Waals surface area contributed by atoms with E-state index < -0.39 is 11.6 Å². The first kappa shape index (κ1) is 22.2. The summed E-state index contributed by atoms with van der Waals surface area (Å²) in [4.78, 5) is 0. The fourth-order valence-electron chi connectivity index (χ4n) is 5.36. The van der Waals surface area contributed by atoms with Crippen molar-refractivity contribution in [3.8, 4) is 0 Å². The van der Waals surface area contributed by atoms with Crippen LogP contribution in [0.3, 0.4) is 0 Å². The van der Waals surface area contributed by atoms with Crippen molar-refractivity contribution in [3.63, 3.8) is 0 Å². The number of hydrogen-bond acceptors (Lipinski definition) is 0. The van der Waals surface area contributed by atoms with Crippen LogP contribution >= 0.6 is 0 Å². The third-order valence-electron chi connectivity index (χ3n) is 7.32. The van der Waals surface area contributed by atoms with Gasteiger partial charge in [-0.2, -0.15) is 0 Å². The number of unbranched alkanes of at least 4 members (excludes halogenated alkanes) is 2. The van der Waals surface area contributed by atoms with Gasteiger partial charge in [-0.3, -0.25) is 0 Å². The number of halogens is 2. The Bertz CT molecular complexity index is 647. The van der Waals surface area contributed by atoms with Gasteiger partial charge in [-0.05, 0) is 112 Å². The van der Waals surface area contributed by atoms with Crippen LogP contribution in [0.25, 0.3) is 0 Å². The molecule has 2 saturated carbocycles. The fraction of sp³-hybridized carbons (Fsp3) is 0.630. The van der Waals surface area contributed by atoms with Crippen molar-refractivity contribution in [1.29, 1.82) is 0 Å². The van der Waals surface area contributed by atoms with Gasteiger partial charge in [-0.15, -0.1) is 6.58 Å². The molecule has 1 aromatic carbocycles. The van der Waals surface area contributed by atoms with Gasteiger partial charge < -0.3 is 0 Å². The largest absolute Gasteiger partial charge is 0.204 e. The molecule has 0 heterocycles. The van der Waals surface area contributed by atoms with Gasteiger partial charge in [0.1, 0.15) is 0 Å². The molecule has 0 unspecified atom stereocenters. The molecule has 2 fully saturated rings. The first-order chi connectivity index (χ1) is 14.2. The van der Waals surface area contributed by atoms with Crippen LogP contribution in [0, 0.1) is 29.4 Å². The van der Waals surface area contributed by atoms with E-state index in [0.29, 0.717) is 5.92 Å². The molecule has 0 radical (unpaired) electrons. The highest BCUT2D eigenvalue weighted by Crippen LogP contribution is 2.40. The van der Waals surface area contributed by atoms with E-state index in [9.17, 15) is 8.78 Å². The van der Waals surface area contributed by atoms with Crippen molar-refractivity contribution in [2.24, 2.45) is 17.8 Å². The molecular weight excluding hydrogens is 362 g/mol. The number of hydrogen-bond donors (Lipinski definition) is 0. The Balaban J connectivity index is 1.31. The first-order valence-corrected chi connectivity index (χ1v) is 11.9. The van der Waals surface area contributed by atoms with E-state index in [2.05, 4.69) is 18.7 Å². The maximum Gasteiger partial charge on any atom is 0.159 e. The average Bonchev–Trinajstić information content (AvgIpc) is 2.75. The molecule has 0 N–H and O–H groups in total. The standard InChI is InChI=1S/C27H38F2/c1-2-3-4-5-6-7-21-8-10-22(11-9-21)12-13-23-14-16-24(17-15-23)25-18-19-26(28)27(29)20-25/h2,6-7,18-24H,1,3-5,8-17H2. The van der Waals surface area contributed by atoms with Gasteiger partial charge in [0.15, 0.2) is 11.6 Å². The average molecular weight is 401 g/mol. The van der Waals surface area contributed by atoms with E-state index in [1.165, 1.54) is 76.3 Å². The van der Waals surface area contributed by atoms with E-state index in [1.54, 1.807) is 6.07 Å². The predicted octanol–water partition coefficient (Wildman–Crippen LogP) is 8.74. The maximum absolute atomic E-state index is 13.5. The predicted molar refractivity (Wildman–Crippen MR) is 119 cm³/mol. The van der Waals surface area contributed by atoms with Gasteiger partial charge >= 0.3 is 0 Å². The zero-order valence-electron chi connectivity index (χ0n) is 17.9. The molecule has 0 nitrogen and oxygen atoms in total. The van der Waals surface area contributed by atoms with Gasteiger partial charge in [0.2, 0.25) is 0 Å². The third-order valence-corrected chi connectivity index (χ3v) is 7.32. The van der Waals surface area contributed by atoms with Crippen LogP contribution in [0.4, 0.5) is 8.78 Å². The molecule has 3 rings (SSSR count). The summed E-state index contributed by atoms with van der Waals surface area (Å²) in [5.41, 5.74) is 0.984. The molecule has 0 spiro atoms. The first-order valence-electron chi connectivity index (χ1n) is 11.9. The zero-order valence-corrected chi connectivity index (χ0v) is 17.9. The molecule has 0 aromatic heterocycles. The summed E-state index contributed by atoms with van der Waals surface area (Å²) in [5.74, 6) is 1.53. The van der Waals surface area contributed by atoms with E-state index >= 15 is 0 Å². The highest BCUT2D eigenvalue weighted by Gasteiger charge is 2.25. The summed E-state index contributed by atoms with van der Waals surface area (Å²) in [5, 5.41) is 0. The SMILES string of the molecule is C=CCCCC=CC1CCC(CCC2CCC(c3ccc(F)c(F)c3)CC2)CC1. The minimum absolute atomic E-state index is 0.412. The Morgan fingerprint density at radius 3 is 2.10 bits per heavy atom. The molecule has 0 aliphatic heterocycles. The van der Waals surface area contributed by atoms with Gasteiger partial charge in [0.05, 0.1) is 0 Å². The molecule has 160 valence electrons. The Morgan fingerprint density at radius 2 is 1.48 bits per heavy atom. The zero-order chi connectivity index (χ0) is 20.5. The Kier molecular flexibility index (Phi) is 8.95. The number of allylic oxidation sites excluding steroid dienone is 3. The molecule has 0 bridgehead atoms. The minimum Gasteiger partial charge on any atom is -0.204 e. The molecule has 2 aliphatic carbocycles. The van der Waals surface area contributed by atoms with Gasteiger partial charge in [-0.1, -0.05) is 37.1 Å². The molecule has 1 aromatic rings. The molecule has 2 heteroatoms. The molecule has 2 aliphatic rings. The summed E-state index contributed by atoms with van der Waals surface area (Å²) in [6, 6.07) is 4.46. The molecule has 0 saturated heterocycles. The lowest BCUT2D eigenvalue weighted by molar-refractivity contribution is 0.246. The lowest BCUT2D eigenvalue weighted by Crippen LogP contribution is -2.17. The fourth-order valence-corrected chi connectivity index (χ4v) is 5.36. The van der Waals surface area contributed by atoms with Crippen molar-refractivity contribution in [3.05, 3.63) is 60.2 Å². The van der Waals surface area contributed by atoms with Crippen LogP contribution in [0.5, 0.6) is 0 Å². The quantitative estimate of drug-likeness (QED) is 0.287. The van der Waals surface area contributed by atoms with Crippen LogP contribution in [-0.4, -0.2) is 0 Å². The normalized spacial score (nSPS) is 27.9. The second kappa shape index (κ2) is 11.7. The summed E-state index contributed by atoms with van der Waals surface area (Å²) in [6.45, 7) is 3.78. The van der Waals surface area contributed by atoms with Gasteiger partial charge in [-0.25, -0.2) is 8.78 Å². The summed E-state index contributed by atoms with van der Waals surface area (Å²) in [6.07, 6.45) is 23.4. The molecular formula is C27H38F2. The second-order valence-corrected chi connectivity index (χ2v) is 9.40. The van der Waals surface area contributed by atoms with Crippen molar-refractivity contribution >= 4 is 0 Å². The van der Waals surface area contributed by atoms with Crippen molar-refractivity contribution in [1.82, 2.24) is 0 Å². The molecule has 0 amide bonds. The number of rotatable bonds is 9. The van der Waals surface area contributed by atoms with Crippen molar-refractivity contribution in [2.75, 3.05) is 0 Å². The van der Waals surface area contributed by atoms with Crippen LogP contribution in [0.1, 0.15) is 95.0 Å². The monoisotopic (exact) mass is 400 g/mol. The summed E-state index contributed by atoms with van der Waals surface area (Å²) < 4.78 is 26.7. The molecule has 29 heavy (non-hydrogen) atoms. The maximum atomic E-state index is 13.5. The van der Waals surface area contributed by atoms with E-state index in [-0.39, 0.29) is 0 Å². The van der Waals surface area contributed by atoms with Crippen LogP contribution < -0.4 is 0 Å². The van der Waals surface area contributed by atoms with E-state index in [0.717, 1.165) is 42.6 Å². The highest BCUT2D eigenvalue weighted by molar-refractivity contribution is 5.22. The number of benzene rings is 1. The Hall–Kier alpha value is -1.44. The minimum atomic E-state index is -0.736. The third kappa shape index (κ3) is 7.08. The van der Waals surface area contributed by atoms with Gasteiger partial charge in [0, 0.05) is 0 Å². The smallest absolute Gasteiger partial charge is 0.159 e. The van der Waals surface area contributed by atoms with Crippen LogP contribution in [0.2, 0.25) is 0 Å². The second-order valence-electron chi connectivity index (χ2n) is 9.40. The summed E-state index contributed by atoms with van der Waals surface area (Å²) in [7, 11) is 0. The van der Waals surface area contributed by atoms with Crippen molar-refractivity contribution in [2.45, 2.75) is 89.4 Å². The summed E-state index contributed by atoms with van der Waals surface area (Å²) >= 11 is 0. The van der Waals surface area contributed by atoms with E-state index in [4.69, 9.17) is 0 Å². The van der Waals surface area contributed by atoms with Crippen LogP contribution in [-0.2, 0) is 0 Å². The highest BCUT2D eigenvalue weighted by atomic mass is 19.2.